The minimum Gasteiger partial charge on any atom is -0.460 e. The highest BCUT2D eigenvalue weighted by Gasteiger charge is 2.66. The molecule has 1 aromatic heterocycles. The molecule has 0 spiro atoms. The molecule has 0 amide bonds. The van der Waals surface area contributed by atoms with Crippen molar-refractivity contribution in [1.29, 1.82) is 0 Å². The lowest BCUT2D eigenvalue weighted by Crippen LogP contribution is -2.70. The zero-order valence-electron chi connectivity index (χ0n) is 34.7. The molecule has 2 heterocycles. The summed E-state index contributed by atoms with van der Waals surface area (Å²) in [6.45, 7) is 6.43. The number of aromatic nitrogens is 1. The molecule has 60 heavy (non-hydrogen) atoms. The van der Waals surface area contributed by atoms with Gasteiger partial charge in [0.15, 0.2) is 0 Å². The Hall–Kier alpha value is -4.24. The summed E-state index contributed by atoms with van der Waals surface area (Å²) in [5, 5.41) is 25.2. The molecule has 1 fully saturated rings. The number of para-hydroxylation sites is 1. The Bertz CT molecular complexity index is 2280. The number of benzene rings is 3. The minimum absolute atomic E-state index is 0.0236. The zero-order valence-corrected chi connectivity index (χ0v) is 36.4. The zero-order chi connectivity index (χ0) is 42.3. The average molecular weight is 856 g/mol. The molecule has 3 aromatic carbocycles. The van der Waals surface area contributed by atoms with Crippen LogP contribution in [0.1, 0.15) is 69.8 Å². The first-order chi connectivity index (χ1) is 29.2. The maximum Gasteiger partial charge on any atom is 0.245 e. The molecule has 11 nitrogen and oxygen atoms in total. The van der Waals surface area contributed by atoms with E-state index in [-0.39, 0.29) is 55.4 Å². The number of unbranched alkanes of at least 4 members (excludes halogenated alkanes) is 2. The Morgan fingerprint density at radius 2 is 1.77 bits per heavy atom. The van der Waals surface area contributed by atoms with Crippen molar-refractivity contribution in [3.8, 4) is 17.2 Å². The lowest BCUT2D eigenvalue weighted by Gasteiger charge is -2.59. The normalized spacial score (nSPS) is 24.1. The van der Waals surface area contributed by atoms with Gasteiger partial charge in [0, 0.05) is 54.1 Å². The third kappa shape index (κ3) is 8.62. The van der Waals surface area contributed by atoms with Gasteiger partial charge in [-0.3, -0.25) is 4.98 Å². The van der Waals surface area contributed by atoms with Crippen LogP contribution in [0.2, 0.25) is 0 Å². The van der Waals surface area contributed by atoms with Crippen LogP contribution in [-0.4, -0.2) is 85.2 Å². The summed E-state index contributed by atoms with van der Waals surface area (Å²) in [6, 6.07) is 21.8. The van der Waals surface area contributed by atoms with Crippen molar-refractivity contribution >= 4 is 38.4 Å². The van der Waals surface area contributed by atoms with E-state index < -0.39 is 27.8 Å². The standard InChI is InChI=1S/C47H57N3O8S2/c1-5-25-50(60(53,54)42-17-11-14-32-15-12-24-48-46(32)42)43-31-40(49-55-3)38-29-33(13-7-9-26-51)37(16-8-10-27-52)44-39-30-35(57-34-18-21-36(59-4)22-19-34)20-23-41(39)58-47(43,45(38)44)56-28-6-2/h6,11-12,14-15,17-24,29-30,33,37,43-45,51-52H,2,5,7-10,13,16,25-28,31H2,1,3-4H3/t33-,37+,43-,44+,45+,47+/m0/s1. The molecule has 2 aliphatic carbocycles. The molecule has 4 aromatic rings. The van der Waals surface area contributed by atoms with Crippen molar-refractivity contribution in [1.82, 2.24) is 9.29 Å². The van der Waals surface area contributed by atoms with E-state index in [1.807, 2.05) is 61.7 Å². The highest BCUT2D eigenvalue weighted by molar-refractivity contribution is 7.98. The van der Waals surface area contributed by atoms with Crippen LogP contribution in [0.4, 0.5) is 0 Å². The van der Waals surface area contributed by atoms with Gasteiger partial charge in [-0.15, -0.1) is 18.3 Å². The molecule has 0 bridgehead atoms. The molecule has 0 unspecified atom stereocenters. The Balaban J connectivity index is 1.46. The number of fused-ring (bicyclic) bond motifs is 3. The van der Waals surface area contributed by atoms with Crippen LogP contribution < -0.4 is 9.47 Å². The molecule has 7 rings (SSSR count). The van der Waals surface area contributed by atoms with Crippen molar-refractivity contribution < 1.29 is 37.7 Å². The number of pyridine rings is 1. The third-order valence-electron chi connectivity index (χ3n) is 12.1. The number of rotatable bonds is 20. The third-order valence-corrected chi connectivity index (χ3v) is 14.8. The van der Waals surface area contributed by atoms with E-state index in [2.05, 4.69) is 28.9 Å². The number of nitrogens with zero attached hydrogens (tertiary/aromatic N) is 3. The number of ether oxygens (including phenoxy) is 3. The van der Waals surface area contributed by atoms with Crippen LogP contribution in [0.15, 0.2) is 118 Å². The Morgan fingerprint density at radius 1 is 1.02 bits per heavy atom. The molecule has 0 saturated heterocycles. The van der Waals surface area contributed by atoms with E-state index in [0.717, 1.165) is 47.1 Å². The number of hydrogen-bond acceptors (Lipinski definition) is 11. The van der Waals surface area contributed by atoms with Gasteiger partial charge < -0.3 is 29.3 Å². The summed E-state index contributed by atoms with van der Waals surface area (Å²) in [7, 11) is -2.74. The van der Waals surface area contributed by atoms with Gasteiger partial charge in [0.25, 0.3) is 0 Å². The summed E-state index contributed by atoms with van der Waals surface area (Å²) in [5.74, 6) is -0.306. The summed E-state index contributed by atoms with van der Waals surface area (Å²) in [6.07, 6.45) is 12.8. The lowest BCUT2D eigenvalue weighted by molar-refractivity contribution is -0.251. The molecule has 13 heteroatoms. The second kappa shape index (κ2) is 19.6. The van der Waals surface area contributed by atoms with E-state index >= 15 is 8.42 Å². The van der Waals surface area contributed by atoms with Crippen LogP contribution in [0.25, 0.3) is 10.9 Å². The SMILES string of the molecule is C=CCO[C@@]12Oc3ccc(Oc4ccc(SC)cc4)cc3[C@H]3[C@H](CCCCO)[C@@H](CCCCO)C=C(C(=NOC)C[C@@H]1N(CCC)S(=O)(=O)c1cccc4cccnc14)[C@H]32. The van der Waals surface area contributed by atoms with Gasteiger partial charge in [0.05, 0.1) is 29.8 Å². The van der Waals surface area contributed by atoms with Gasteiger partial charge in [0.2, 0.25) is 15.8 Å². The van der Waals surface area contributed by atoms with E-state index in [1.54, 1.807) is 46.5 Å². The van der Waals surface area contributed by atoms with E-state index in [4.69, 9.17) is 19.0 Å². The van der Waals surface area contributed by atoms with Crippen molar-refractivity contribution in [3.63, 3.8) is 0 Å². The maximum absolute atomic E-state index is 15.4. The highest BCUT2D eigenvalue weighted by Crippen LogP contribution is 2.62. The number of sulfonamides is 1. The predicted octanol–water partition coefficient (Wildman–Crippen LogP) is 9.11. The minimum atomic E-state index is -4.25. The molecule has 6 atom stereocenters. The largest absolute Gasteiger partial charge is 0.460 e. The number of thioether (sulfide) groups is 1. The molecular weight excluding hydrogens is 799 g/mol. The summed E-state index contributed by atoms with van der Waals surface area (Å²) in [4.78, 5) is 11.4. The first kappa shape index (κ1) is 43.8. The van der Waals surface area contributed by atoms with Gasteiger partial charge in [-0.05, 0) is 110 Å². The second-order valence-electron chi connectivity index (χ2n) is 15.7. The fourth-order valence-corrected chi connectivity index (χ4v) is 12.0. The van der Waals surface area contributed by atoms with Crippen molar-refractivity contribution in [3.05, 3.63) is 109 Å². The molecule has 0 radical (unpaired) electrons. The van der Waals surface area contributed by atoms with E-state index in [9.17, 15) is 10.2 Å². The van der Waals surface area contributed by atoms with E-state index in [0.29, 0.717) is 47.7 Å². The van der Waals surface area contributed by atoms with Crippen molar-refractivity contribution in [2.24, 2.45) is 22.9 Å². The van der Waals surface area contributed by atoms with Crippen LogP contribution in [-0.2, 0) is 19.6 Å². The Labute approximate surface area is 358 Å². The average Bonchev–Trinajstić information content (AvgIpc) is 3.26. The Morgan fingerprint density at radius 3 is 2.48 bits per heavy atom. The first-order valence-electron chi connectivity index (χ1n) is 21.0. The van der Waals surface area contributed by atoms with Gasteiger partial charge in [-0.2, -0.15) is 4.31 Å². The van der Waals surface area contributed by atoms with Gasteiger partial charge in [0.1, 0.15) is 29.3 Å². The van der Waals surface area contributed by atoms with Crippen molar-refractivity contribution in [2.45, 2.75) is 85.8 Å². The summed E-state index contributed by atoms with van der Waals surface area (Å²) < 4.78 is 53.2. The lowest BCUT2D eigenvalue weighted by atomic mass is 9.55. The molecule has 2 N–H and O–H groups in total. The molecule has 1 saturated carbocycles. The van der Waals surface area contributed by atoms with Crippen LogP contribution in [0.3, 0.4) is 0 Å². The van der Waals surface area contributed by atoms with Crippen LogP contribution in [0.5, 0.6) is 17.2 Å². The molecule has 1 aliphatic heterocycles. The number of allylic oxidation sites excluding steroid dienone is 1. The smallest absolute Gasteiger partial charge is 0.245 e. The summed E-state index contributed by atoms with van der Waals surface area (Å²) in [5.41, 5.74) is 2.86. The highest BCUT2D eigenvalue weighted by atomic mass is 32.2. The predicted molar refractivity (Wildman–Crippen MR) is 236 cm³/mol. The van der Waals surface area contributed by atoms with Crippen LogP contribution >= 0.6 is 11.8 Å². The second-order valence-corrected chi connectivity index (χ2v) is 18.4. The Kier molecular flexibility index (Phi) is 14.4. The topological polar surface area (TPSA) is 140 Å². The fraction of sp³-hybridized carbons (Fsp3) is 0.447. The number of aliphatic hydroxyl groups is 2. The van der Waals surface area contributed by atoms with Crippen molar-refractivity contribution in [2.75, 3.05) is 39.7 Å². The van der Waals surface area contributed by atoms with Gasteiger partial charge in [-0.25, -0.2) is 8.42 Å². The van der Waals surface area contributed by atoms with E-state index in [1.165, 1.54) is 7.11 Å². The first-order valence-corrected chi connectivity index (χ1v) is 23.7. The van der Waals surface area contributed by atoms with Gasteiger partial charge >= 0.3 is 0 Å². The maximum atomic E-state index is 15.4. The number of aliphatic hydroxyl groups excluding tert-OH is 2. The molecular formula is C47H57N3O8S2. The fourth-order valence-electron chi connectivity index (χ4n) is 9.65. The van der Waals surface area contributed by atoms with Crippen LogP contribution in [0, 0.1) is 17.8 Å². The molecule has 3 aliphatic rings. The summed E-state index contributed by atoms with van der Waals surface area (Å²) >= 11 is 1.66. The monoisotopic (exact) mass is 855 g/mol. The number of oxime groups is 1. The van der Waals surface area contributed by atoms with Gasteiger partial charge in [-0.1, -0.05) is 55.3 Å². The number of hydrogen-bond donors (Lipinski definition) is 2. The quantitative estimate of drug-likeness (QED) is 0.0383. The molecule has 320 valence electrons.